The van der Waals surface area contributed by atoms with Gasteiger partial charge in [0.2, 0.25) is 0 Å². The van der Waals surface area contributed by atoms with Crippen LogP contribution in [-0.2, 0) is 19.1 Å². The molecule has 20 heavy (non-hydrogen) atoms. The van der Waals surface area contributed by atoms with Crippen LogP contribution < -0.4 is 0 Å². The molecule has 0 aromatic rings. The first-order valence-corrected chi connectivity index (χ1v) is 6.24. The molecule has 0 unspecified atom stereocenters. The van der Waals surface area contributed by atoms with Crippen molar-refractivity contribution in [1.29, 1.82) is 0 Å². The van der Waals surface area contributed by atoms with Crippen molar-refractivity contribution in [3.05, 3.63) is 47.6 Å². The van der Waals surface area contributed by atoms with E-state index >= 15 is 0 Å². The number of rotatable bonds is 4. The van der Waals surface area contributed by atoms with Crippen LogP contribution in [0, 0.1) is 11.8 Å². The van der Waals surface area contributed by atoms with Gasteiger partial charge in [0.1, 0.15) is 11.8 Å². The molecule has 0 aromatic carbocycles. The molecule has 2 atom stereocenters. The third-order valence-corrected chi connectivity index (χ3v) is 3.24. The van der Waals surface area contributed by atoms with Crippen LogP contribution in [0.5, 0.6) is 0 Å². The Morgan fingerprint density at radius 3 is 1.40 bits per heavy atom. The molecule has 108 valence electrons. The topological polar surface area (TPSA) is 52.6 Å². The monoisotopic (exact) mass is 276 g/mol. The van der Waals surface area contributed by atoms with Gasteiger partial charge in [-0.2, -0.15) is 0 Å². The molecule has 1 rings (SSSR count). The molecule has 0 fully saturated rings. The van der Waals surface area contributed by atoms with Gasteiger partial charge >= 0.3 is 11.9 Å². The second kappa shape index (κ2) is 6.37. The van der Waals surface area contributed by atoms with Gasteiger partial charge in [-0.15, -0.1) is 0 Å². The minimum atomic E-state index is -0.565. The molecule has 0 radical (unpaired) electrons. The first-order chi connectivity index (χ1) is 9.34. The van der Waals surface area contributed by atoms with E-state index in [0.717, 1.165) is 0 Å². The first kappa shape index (κ1) is 16.0. The molecule has 0 aliphatic heterocycles. The van der Waals surface area contributed by atoms with Crippen molar-refractivity contribution in [3.8, 4) is 0 Å². The maximum atomic E-state index is 11.9. The maximum Gasteiger partial charge on any atom is 0.317 e. The van der Waals surface area contributed by atoms with Crippen LogP contribution in [0.2, 0.25) is 0 Å². The minimum Gasteiger partial charge on any atom is -0.468 e. The maximum absolute atomic E-state index is 11.9. The van der Waals surface area contributed by atoms with E-state index in [1.807, 2.05) is 0 Å². The van der Waals surface area contributed by atoms with E-state index in [-0.39, 0.29) is 11.9 Å². The Kier molecular flexibility index (Phi) is 5.08. The van der Waals surface area contributed by atoms with Crippen LogP contribution in [0.1, 0.15) is 13.8 Å². The lowest BCUT2D eigenvalue weighted by Crippen LogP contribution is -2.28. The summed E-state index contributed by atoms with van der Waals surface area (Å²) in [6, 6.07) is 0. The Labute approximate surface area is 119 Å². The molecule has 4 heteroatoms. The van der Waals surface area contributed by atoms with Crippen molar-refractivity contribution in [3.63, 3.8) is 0 Å². The number of allylic oxidation sites excluding steroid dienone is 2. The van der Waals surface area contributed by atoms with Gasteiger partial charge in [0.25, 0.3) is 0 Å². The highest BCUT2D eigenvalue weighted by atomic mass is 16.5. The van der Waals surface area contributed by atoms with Crippen molar-refractivity contribution in [2.45, 2.75) is 13.8 Å². The lowest BCUT2D eigenvalue weighted by molar-refractivity contribution is -0.144. The third-order valence-electron chi connectivity index (χ3n) is 3.24. The van der Waals surface area contributed by atoms with Crippen molar-refractivity contribution < 1.29 is 19.1 Å². The molecule has 0 spiro atoms. The second-order valence-corrected chi connectivity index (χ2v) is 4.77. The average molecular weight is 276 g/mol. The van der Waals surface area contributed by atoms with E-state index in [1.165, 1.54) is 14.2 Å². The molecule has 0 aromatic heterocycles. The van der Waals surface area contributed by atoms with Crippen molar-refractivity contribution in [2.24, 2.45) is 11.8 Å². The number of carbonyl (C=O) groups excluding carboxylic acids is 2. The normalized spacial score (nSPS) is 21.4. The Bertz CT molecular complexity index is 477. The molecule has 4 nitrogen and oxygen atoms in total. The standard InChI is InChI=1S/C16H20O4/c1-9(2)13-11(15(17)19-5)7-8-12(16(18)20-6)14(13)10(3)4/h7-8,11-12H,1,3H2,2,4-6H3/t11-,12-/m1/s1. The van der Waals surface area contributed by atoms with Crippen LogP contribution in [0.25, 0.3) is 0 Å². The highest BCUT2D eigenvalue weighted by molar-refractivity contribution is 5.86. The number of hydrogen-bond donors (Lipinski definition) is 0. The number of esters is 2. The third kappa shape index (κ3) is 2.90. The summed E-state index contributed by atoms with van der Waals surface area (Å²) >= 11 is 0. The summed E-state index contributed by atoms with van der Waals surface area (Å²) in [6.07, 6.45) is 3.31. The van der Waals surface area contributed by atoms with Gasteiger partial charge in [-0.05, 0) is 25.0 Å². The highest BCUT2D eigenvalue weighted by Gasteiger charge is 2.34. The predicted molar refractivity (Wildman–Crippen MR) is 76.8 cm³/mol. The van der Waals surface area contributed by atoms with Crippen LogP contribution in [-0.4, -0.2) is 26.2 Å². The van der Waals surface area contributed by atoms with Crippen LogP contribution >= 0.6 is 0 Å². The summed E-state index contributed by atoms with van der Waals surface area (Å²) in [5, 5.41) is 0. The highest BCUT2D eigenvalue weighted by Crippen LogP contribution is 2.37. The molecule has 0 heterocycles. The fraction of sp³-hybridized carbons (Fsp3) is 0.375. The van der Waals surface area contributed by atoms with Crippen molar-refractivity contribution in [1.82, 2.24) is 0 Å². The van der Waals surface area contributed by atoms with Crippen molar-refractivity contribution >= 4 is 11.9 Å². The van der Waals surface area contributed by atoms with E-state index < -0.39 is 11.8 Å². The summed E-state index contributed by atoms with van der Waals surface area (Å²) in [5.41, 5.74) is 2.78. The Hall–Kier alpha value is -2.10. The van der Waals surface area contributed by atoms with Gasteiger partial charge in [-0.1, -0.05) is 36.5 Å². The summed E-state index contributed by atoms with van der Waals surface area (Å²) in [6.45, 7) is 11.4. The van der Waals surface area contributed by atoms with Gasteiger partial charge in [0.05, 0.1) is 14.2 Å². The van der Waals surface area contributed by atoms with Crippen LogP contribution in [0.4, 0.5) is 0 Å². The molecule has 0 saturated carbocycles. The Morgan fingerprint density at radius 2 is 1.20 bits per heavy atom. The summed E-state index contributed by atoms with van der Waals surface area (Å²) in [5.74, 6) is -1.90. The fourth-order valence-corrected chi connectivity index (χ4v) is 2.39. The zero-order chi connectivity index (χ0) is 15.4. The van der Waals surface area contributed by atoms with Crippen LogP contribution in [0.3, 0.4) is 0 Å². The van der Waals surface area contributed by atoms with E-state index in [2.05, 4.69) is 13.2 Å². The number of methoxy groups -OCH3 is 2. The van der Waals surface area contributed by atoms with E-state index in [4.69, 9.17) is 9.47 Å². The Morgan fingerprint density at radius 1 is 0.900 bits per heavy atom. The summed E-state index contributed by atoms with van der Waals surface area (Å²) in [7, 11) is 2.66. The summed E-state index contributed by atoms with van der Waals surface area (Å²) < 4.78 is 9.62. The van der Waals surface area contributed by atoms with Gasteiger partial charge < -0.3 is 9.47 Å². The number of hydrogen-bond acceptors (Lipinski definition) is 4. The van der Waals surface area contributed by atoms with E-state index in [1.54, 1.807) is 26.0 Å². The molecule has 0 bridgehead atoms. The largest absolute Gasteiger partial charge is 0.468 e. The molecular weight excluding hydrogens is 256 g/mol. The quantitative estimate of drug-likeness (QED) is 0.585. The number of ether oxygens (including phenoxy) is 2. The molecule has 1 aliphatic rings. The molecule has 1 aliphatic carbocycles. The Balaban J connectivity index is 3.47. The summed E-state index contributed by atoms with van der Waals surface area (Å²) in [4.78, 5) is 23.8. The first-order valence-electron chi connectivity index (χ1n) is 6.24. The molecule has 0 N–H and O–H groups in total. The average Bonchev–Trinajstić information content (AvgIpc) is 2.43. The van der Waals surface area contributed by atoms with Gasteiger partial charge in [-0.25, -0.2) is 0 Å². The smallest absolute Gasteiger partial charge is 0.317 e. The zero-order valence-electron chi connectivity index (χ0n) is 12.4. The zero-order valence-corrected chi connectivity index (χ0v) is 12.4. The second-order valence-electron chi connectivity index (χ2n) is 4.77. The van der Waals surface area contributed by atoms with Gasteiger partial charge in [0, 0.05) is 0 Å². The number of carbonyl (C=O) groups is 2. The minimum absolute atomic E-state index is 0.388. The van der Waals surface area contributed by atoms with Crippen LogP contribution in [0.15, 0.2) is 47.6 Å². The van der Waals surface area contributed by atoms with E-state index in [0.29, 0.717) is 22.3 Å². The lowest BCUT2D eigenvalue weighted by Gasteiger charge is -2.28. The molecule has 0 amide bonds. The molecule has 0 saturated heterocycles. The SMILES string of the molecule is C=C(C)C1=C(C(=C)C)[C@H](C(=O)OC)C=C[C@H]1C(=O)OC. The lowest BCUT2D eigenvalue weighted by atomic mass is 9.76. The van der Waals surface area contributed by atoms with E-state index in [9.17, 15) is 9.59 Å². The van der Waals surface area contributed by atoms with Crippen molar-refractivity contribution in [2.75, 3.05) is 14.2 Å². The fourth-order valence-electron chi connectivity index (χ4n) is 2.39. The van der Waals surface area contributed by atoms with Gasteiger partial charge in [-0.3, -0.25) is 9.59 Å². The molecular formula is C16H20O4. The van der Waals surface area contributed by atoms with Gasteiger partial charge in [0.15, 0.2) is 0 Å². The predicted octanol–water partition coefficient (Wildman–Crippen LogP) is 2.58.